The molecule has 0 aliphatic rings. The van der Waals surface area contributed by atoms with Crippen molar-refractivity contribution in [3.63, 3.8) is 0 Å². The highest BCUT2D eigenvalue weighted by atomic mass is 32.1. The summed E-state index contributed by atoms with van der Waals surface area (Å²) in [7, 11) is 3.02. The minimum atomic E-state index is -0.404. The fourth-order valence-corrected chi connectivity index (χ4v) is 2.76. The van der Waals surface area contributed by atoms with Gasteiger partial charge in [-0.2, -0.15) is 4.98 Å². The molecule has 110 valence electrons. The first kappa shape index (κ1) is 13.6. The smallest absolute Gasteiger partial charge is 0.332 e. The lowest BCUT2D eigenvalue weighted by Crippen LogP contribution is -2.36. The van der Waals surface area contributed by atoms with Gasteiger partial charge in [0, 0.05) is 25.7 Å². The summed E-state index contributed by atoms with van der Waals surface area (Å²) in [6.07, 6.45) is 1.73. The van der Waals surface area contributed by atoms with Gasteiger partial charge < -0.3 is 10.3 Å². The quantitative estimate of drug-likeness (QED) is 0.738. The first-order valence-corrected chi connectivity index (χ1v) is 7.18. The molecule has 1 unspecified atom stereocenters. The van der Waals surface area contributed by atoms with E-state index < -0.39 is 11.2 Å². The van der Waals surface area contributed by atoms with Crippen LogP contribution in [0.15, 0.2) is 21.2 Å². The highest BCUT2D eigenvalue weighted by Crippen LogP contribution is 2.19. The minimum absolute atomic E-state index is 0.0496. The van der Waals surface area contributed by atoms with Crippen molar-refractivity contribution in [2.24, 2.45) is 14.1 Å². The van der Waals surface area contributed by atoms with Gasteiger partial charge in [-0.1, -0.05) is 0 Å². The van der Waals surface area contributed by atoms with Crippen molar-refractivity contribution in [3.8, 4) is 0 Å². The van der Waals surface area contributed by atoms with Gasteiger partial charge in [0.05, 0.1) is 6.04 Å². The van der Waals surface area contributed by atoms with Crippen molar-refractivity contribution in [1.29, 1.82) is 0 Å². The highest BCUT2D eigenvalue weighted by molar-refractivity contribution is 7.09. The van der Waals surface area contributed by atoms with Crippen molar-refractivity contribution in [2.45, 2.75) is 13.0 Å². The summed E-state index contributed by atoms with van der Waals surface area (Å²) in [6, 6.07) is -0.0496. The van der Waals surface area contributed by atoms with Gasteiger partial charge in [0.1, 0.15) is 5.01 Å². The van der Waals surface area contributed by atoms with Gasteiger partial charge in [-0.25, -0.2) is 9.78 Å². The molecule has 9 heteroatoms. The van der Waals surface area contributed by atoms with Crippen LogP contribution in [0.1, 0.15) is 18.0 Å². The van der Waals surface area contributed by atoms with E-state index in [1.807, 2.05) is 12.3 Å². The molecule has 1 atom stereocenters. The lowest BCUT2D eigenvalue weighted by atomic mass is 10.4. The molecule has 0 saturated carbocycles. The fourth-order valence-electron chi connectivity index (χ4n) is 2.11. The molecule has 3 heterocycles. The van der Waals surface area contributed by atoms with Crippen LogP contribution < -0.4 is 16.6 Å². The number of nitrogens with zero attached hydrogens (tertiary/aromatic N) is 4. The predicted molar refractivity (Wildman–Crippen MR) is 80.7 cm³/mol. The number of aromatic amines is 1. The Morgan fingerprint density at radius 1 is 1.33 bits per heavy atom. The number of thiazole rings is 1. The third-order valence-electron chi connectivity index (χ3n) is 3.27. The molecule has 3 aromatic rings. The molecule has 3 rings (SSSR count). The molecule has 0 amide bonds. The van der Waals surface area contributed by atoms with E-state index in [-0.39, 0.29) is 6.04 Å². The van der Waals surface area contributed by atoms with E-state index in [0.717, 1.165) is 9.57 Å². The number of H-pyrrole nitrogens is 1. The van der Waals surface area contributed by atoms with Crippen LogP contribution in [0.25, 0.3) is 11.2 Å². The second-order valence-corrected chi connectivity index (χ2v) is 5.65. The average molecular weight is 306 g/mol. The fraction of sp³-hybridized carbons (Fsp3) is 0.333. The molecule has 3 aromatic heterocycles. The topological polar surface area (TPSA) is 97.6 Å². The van der Waals surface area contributed by atoms with Crippen molar-refractivity contribution in [3.05, 3.63) is 37.4 Å². The number of imidazole rings is 1. The molecular formula is C12H14N6O2S. The number of aromatic nitrogens is 5. The molecule has 0 aliphatic heterocycles. The van der Waals surface area contributed by atoms with E-state index in [0.29, 0.717) is 17.1 Å². The summed E-state index contributed by atoms with van der Waals surface area (Å²) in [6.45, 7) is 1.95. The maximum atomic E-state index is 12.1. The van der Waals surface area contributed by atoms with Crippen LogP contribution in [0.2, 0.25) is 0 Å². The largest absolute Gasteiger partial charge is 0.347 e. The highest BCUT2D eigenvalue weighted by Gasteiger charge is 2.15. The number of nitrogens with one attached hydrogen (secondary N) is 2. The second-order valence-electron chi connectivity index (χ2n) is 4.73. The zero-order valence-electron chi connectivity index (χ0n) is 11.7. The number of anilines is 1. The summed E-state index contributed by atoms with van der Waals surface area (Å²) in [5.41, 5.74) is -0.167. The molecular weight excluding hydrogens is 292 g/mol. The van der Waals surface area contributed by atoms with Gasteiger partial charge in [0.2, 0.25) is 5.95 Å². The monoisotopic (exact) mass is 306 g/mol. The number of hydrogen-bond acceptors (Lipinski definition) is 6. The maximum Gasteiger partial charge on any atom is 0.332 e. The zero-order chi connectivity index (χ0) is 15.1. The molecule has 8 nitrogen and oxygen atoms in total. The van der Waals surface area contributed by atoms with Crippen molar-refractivity contribution < 1.29 is 0 Å². The number of fused-ring (bicyclic) bond motifs is 1. The number of rotatable bonds is 3. The Balaban J connectivity index is 2.06. The lowest BCUT2D eigenvalue weighted by molar-refractivity contribution is 0.708. The molecule has 0 aromatic carbocycles. The van der Waals surface area contributed by atoms with Crippen molar-refractivity contribution >= 4 is 28.4 Å². The summed E-state index contributed by atoms with van der Waals surface area (Å²) in [4.78, 5) is 35.4. The zero-order valence-corrected chi connectivity index (χ0v) is 12.6. The molecule has 0 saturated heterocycles. The van der Waals surface area contributed by atoms with Crippen LogP contribution in [-0.4, -0.2) is 24.1 Å². The van der Waals surface area contributed by atoms with Gasteiger partial charge in [0.25, 0.3) is 5.56 Å². The van der Waals surface area contributed by atoms with E-state index in [2.05, 4.69) is 20.3 Å². The Morgan fingerprint density at radius 2 is 2.10 bits per heavy atom. The summed E-state index contributed by atoms with van der Waals surface area (Å²) >= 11 is 1.53. The Hall–Kier alpha value is -2.42. The van der Waals surface area contributed by atoms with E-state index in [1.54, 1.807) is 13.2 Å². The van der Waals surface area contributed by atoms with Gasteiger partial charge >= 0.3 is 5.69 Å². The molecule has 0 fully saturated rings. The number of aryl methyl sites for hydroxylation is 1. The van der Waals surface area contributed by atoms with Gasteiger partial charge in [-0.3, -0.25) is 13.9 Å². The third-order valence-corrected chi connectivity index (χ3v) is 4.23. The Kier molecular flexibility index (Phi) is 3.13. The van der Waals surface area contributed by atoms with Gasteiger partial charge in [-0.05, 0) is 6.92 Å². The molecule has 2 N–H and O–H groups in total. The summed E-state index contributed by atoms with van der Waals surface area (Å²) in [5.74, 6) is 0.436. The van der Waals surface area contributed by atoms with Crippen LogP contribution >= 0.6 is 11.3 Å². The van der Waals surface area contributed by atoms with Crippen molar-refractivity contribution in [2.75, 3.05) is 5.32 Å². The maximum absolute atomic E-state index is 12.1. The molecule has 21 heavy (non-hydrogen) atoms. The summed E-state index contributed by atoms with van der Waals surface area (Å²) in [5, 5.41) is 5.95. The predicted octanol–water partition coefficient (Wildman–Crippen LogP) is 0.590. The van der Waals surface area contributed by atoms with Crippen LogP contribution in [-0.2, 0) is 14.1 Å². The van der Waals surface area contributed by atoms with E-state index in [1.165, 1.54) is 23.0 Å². The average Bonchev–Trinajstić information content (AvgIpc) is 3.12. The van der Waals surface area contributed by atoms with Gasteiger partial charge in [-0.15, -0.1) is 11.3 Å². The van der Waals surface area contributed by atoms with E-state index in [9.17, 15) is 9.59 Å². The van der Waals surface area contributed by atoms with Crippen molar-refractivity contribution in [1.82, 2.24) is 24.1 Å². The molecule has 0 radical (unpaired) electrons. The Bertz CT molecular complexity index is 904. The van der Waals surface area contributed by atoms with Gasteiger partial charge in [0.15, 0.2) is 11.2 Å². The number of hydrogen-bond donors (Lipinski definition) is 2. The second kappa shape index (κ2) is 4.85. The Morgan fingerprint density at radius 3 is 2.76 bits per heavy atom. The first-order chi connectivity index (χ1) is 9.99. The first-order valence-electron chi connectivity index (χ1n) is 6.30. The normalized spacial score (nSPS) is 12.7. The molecule has 0 bridgehead atoms. The van der Waals surface area contributed by atoms with Crippen LogP contribution in [0.3, 0.4) is 0 Å². The van der Waals surface area contributed by atoms with Crippen LogP contribution in [0, 0.1) is 0 Å². The summed E-state index contributed by atoms with van der Waals surface area (Å²) < 4.78 is 2.39. The van der Waals surface area contributed by atoms with Crippen LogP contribution in [0.5, 0.6) is 0 Å². The lowest BCUT2D eigenvalue weighted by Gasteiger charge is -2.08. The van der Waals surface area contributed by atoms with E-state index >= 15 is 0 Å². The SMILES string of the molecule is CC(Nc1nc2c([nH]1)c(=O)n(C)c(=O)n2C)c1nccs1. The Labute approximate surface area is 123 Å². The third kappa shape index (κ3) is 2.15. The molecule has 0 aliphatic carbocycles. The van der Waals surface area contributed by atoms with E-state index in [4.69, 9.17) is 0 Å². The standard InChI is InChI=1S/C12H14N6O2S/c1-6(9-13-4-5-21-9)14-11-15-7-8(16-11)17(2)12(20)18(3)10(7)19/h4-6H,1-3H3,(H2,14,15,16). The molecule has 0 spiro atoms. The minimum Gasteiger partial charge on any atom is -0.347 e. The van der Waals surface area contributed by atoms with Crippen LogP contribution in [0.4, 0.5) is 5.95 Å².